The van der Waals surface area contributed by atoms with Crippen LogP contribution in [0.25, 0.3) is 11.0 Å². The molecule has 1 amide bonds. The molecule has 6 heteroatoms. The molecule has 0 atom stereocenters. The van der Waals surface area contributed by atoms with Gasteiger partial charge in [0.1, 0.15) is 11.3 Å². The first-order chi connectivity index (χ1) is 12.7. The van der Waals surface area contributed by atoms with Crippen LogP contribution < -0.4 is 21.0 Å². The number of carbonyl (C=O) groups excluding carboxylic acids is 1. The first-order valence-electron chi connectivity index (χ1n) is 8.48. The van der Waals surface area contributed by atoms with Crippen molar-refractivity contribution in [1.29, 1.82) is 0 Å². The molecule has 0 aliphatic heterocycles. The fourth-order valence-corrected chi connectivity index (χ4v) is 2.74. The maximum absolute atomic E-state index is 12.8. The number of benzene rings is 2. The summed E-state index contributed by atoms with van der Waals surface area (Å²) in [5.74, 6) is 0.0264. The SMILES string of the molecule is CCNc1c(NC(=O)c2ccccc2OCC)c(=O)oc2ccccc12. The average molecular weight is 352 g/mol. The molecule has 134 valence electrons. The van der Waals surface area contributed by atoms with Gasteiger partial charge in [0.25, 0.3) is 5.91 Å². The quantitative estimate of drug-likeness (QED) is 0.658. The Morgan fingerprint density at radius 1 is 1.04 bits per heavy atom. The molecule has 1 heterocycles. The van der Waals surface area contributed by atoms with E-state index in [1.807, 2.05) is 26.0 Å². The van der Waals surface area contributed by atoms with Crippen molar-refractivity contribution >= 4 is 28.3 Å². The van der Waals surface area contributed by atoms with Gasteiger partial charge >= 0.3 is 5.63 Å². The highest BCUT2D eigenvalue weighted by atomic mass is 16.5. The normalized spacial score (nSPS) is 10.5. The number of para-hydroxylation sites is 2. The number of hydrogen-bond acceptors (Lipinski definition) is 5. The third kappa shape index (κ3) is 3.39. The third-order valence-corrected chi connectivity index (χ3v) is 3.84. The summed E-state index contributed by atoms with van der Waals surface area (Å²) in [4.78, 5) is 25.2. The van der Waals surface area contributed by atoms with Gasteiger partial charge in [-0.05, 0) is 38.1 Å². The van der Waals surface area contributed by atoms with Gasteiger partial charge in [-0.15, -0.1) is 0 Å². The van der Waals surface area contributed by atoms with Crippen LogP contribution in [0.5, 0.6) is 5.75 Å². The van der Waals surface area contributed by atoms with Gasteiger partial charge in [0.2, 0.25) is 0 Å². The first-order valence-corrected chi connectivity index (χ1v) is 8.48. The molecule has 2 aromatic carbocycles. The molecule has 1 aromatic heterocycles. The molecular formula is C20H20N2O4. The van der Waals surface area contributed by atoms with E-state index < -0.39 is 11.5 Å². The van der Waals surface area contributed by atoms with Crippen LogP contribution in [0.4, 0.5) is 11.4 Å². The van der Waals surface area contributed by atoms with E-state index in [2.05, 4.69) is 10.6 Å². The van der Waals surface area contributed by atoms with E-state index in [-0.39, 0.29) is 5.69 Å². The van der Waals surface area contributed by atoms with Crippen LogP contribution in [-0.2, 0) is 0 Å². The Labute approximate surface area is 150 Å². The Kier molecular flexibility index (Phi) is 5.22. The molecule has 0 saturated heterocycles. The number of carbonyl (C=O) groups is 1. The minimum atomic E-state index is -0.609. The van der Waals surface area contributed by atoms with Gasteiger partial charge in [0, 0.05) is 11.9 Å². The van der Waals surface area contributed by atoms with Crippen LogP contribution in [0, 0.1) is 0 Å². The second-order valence-electron chi connectivity index (χ2n) is 5.55. The molecule has 3 aromatic rings. The highest BCUT2D eigenvalue weighted by molar-refractivity contribution is 6.09. The molecule has 0 bridgehead atoms. The van der Waals surface area contributed by atoms with Crippen molar-refractivity contribution in [1.82, 2.24) is 0 Å². The average Bonchev–Trinajstić information content (AvgIpc) is 2.65. The lowest BCUT2D eigenvalue weighted by Crippen LogP contribution is -2.21. The van der Waals surface area contributed by atoms with Crippen molar-refractivity contribution in [3.05, 3.63) is 64.5 Å². The second-order valence-corrected chi connectivity index (χ2v) is 5.55. The molecule has 0 aliphatic carbocycles. The van der Waals surface area contributed by atoms with Crippen LogP contribution in [-0.4, -0.2) is 19.1 Å². The fourth-order valence-electron chi connectivity index (χ4n) is 2.74. The molecule has 0 aliphatic rings. The fraction of sp³-hybridized carbons (Fsp3) is 0.200. The van der Waals surface area contributed by atoms with Gasteiger partial charge in [-0.2, -0.15) is 0 Å². The highest BCUT2D eigenvalue weighted by Crippen LogP contribution is 2.29. The number of rotatable bonds is 6. The Morgan fingerprint density at radius 2 is 1.77 bits per heavy atom. The zero-order chi connectivity index (χ0) is 18.5. The summed E-state index contributed by atoms with van der Waals surface area (Å²) in [6.07, 6.45) is 0. The second kappa shape index (κ2) is 7.74. The number of anilines is 2. The molecule has 0 fully saturated rings. The van der Waals surface area contributed by atoms with Crippen molar-refractivity contribution in [3.8, 4) is 5.75 Å². The summed E-state index contributed by atoms with van der Waals surface area (Å²) in [6, 6.07) is 14.1. The molecule has 26 heavy (non-hydrogen) atoms. The highest BCUT2D eigenvalue weighted by Gasteiger charge is 2.19. The van der Waals surface area contributed by atoms with Crippen molar-refractivity contribution in [2.75, 3.05) is 23.8 Å². The summed E-state index contributed by atoms with van der Waals surface area (Å²) in [7, 11) is 0. The minimum absolute atomic E-state index is 0.0850. The lowest BCUT2D eigenvalue weighted by atomic mass is 10.1. The van der Waals surface area contributed by atoms with Gasteiger partial charge in [-0.3, -0.25) is 4.79 Å². The van der Waals surface area contributed by atoms with Crippen molar-refractivity contribution in [3.63, 3.8) is 0 Å². The van der Waals surface area contributed by atoms with Gasteiger partial charge in [-0.25, -0.2) is 4.79 Å². The summed E-state index contributed by atoms with van der Waals surface area (Å²) < 4.78 is 10.8. The lowest BCUT2D eigenvalue weighted by molar-refractivity contribution is 0.102. The smallest absolute Gasteiger partial charge is 0.362 e. The van der Waals surface area contributed by atoms with Crippen LogP contribution >= 0.6 is 0 Å². The minimum Gasteiger partial charge on any atom is -0.493 e. The van der Waals surface area contributed by atoms with Crippen molar-refractivity contribution < 1.29 is 13.9 Å². The first kappa shape index (κ1) is 17.5. The largest absolute Gasteiger partial charge is 0.493 e. The lowest BCUT2D eigenvalue weighted by Gasteiger charge is -2.14. The number of hydrogen-bond donors (Lipinski definition) is 2. The molecule has 0 unspecified atom stereocenters. The molecule has 0 radical (unpaired) electrons. The maximum atomic E-state index is 12.8. The Morgan fingerprint density at radius 3 is 2.54 bits per heavy atom. The van der Waals surface area contributed by atoms with Crippen LogP contribution in [0.1, 0.15) is 24.2 Å². The monoisotopic (exact) mass is 352 g/mol. The van der Waals surface area contributed by atoms with E-state index in [0.717, 1.165) is 5.39 Å². The number of nitrogens with one attached hydrogen (secondary N) is 2. The van der Waals surface area contributed by atoms with E-state index in [0.29, 0.717) is 35.7 Å². The summed E-state index contributed by atoms with van der Waals surface area (Å²) in [5, 5.41) is 6.56. The molecule has 0 saturated carbocycles. The topological polar surface area (TPSA) is 80.6 Å². The summed E-state index contributed by atoms with van der Waals surface area (Å²) in [5.41, 5.74) is 0.829. The number of fused-ring (bicyclic) bond motifs is 1. The molecule has 0 spiro atoms. The van der Waals surface area contributed by atoms with E-state index in [1.54, 1.807) is 36.4 Å². The zero-order valence-corrected chi connectivity index (χ0v) is 14.7. The van der Waals surface area contributed by atoms with Gasteiger partial charge < -0.3 is 19.8 Å². The van der Waals surface area contributed by atoms with Crippen LogP contribution in [0.3, 0.4) is 0 Å². The standard InChI is InChI=1S/C20H20N2O4/c1-3-21-17-13-9-5-8-12-16(13)26-20(24)18(17)22-19(23)14-10-6-7-11-15(14)25-4-2/h5-12,21H,3-4H2,1-2H3,(H,22,23). The predicted octanol–water partition coefficient (Wildman–Crippen LogP) is 3.88. The molecular weight excluding hydrogens is 332 g/mol. The Balaban J connectivity index is 2.06. The number of ether oxygens (including phenoxy) is 1. The van der Waals surface area contributed by atoms with Gasteiger partial charge in [0.15, 0.2) is 5.69 Å². The summed E-state index contributed by atoms with van der Waals surface area (Å²) >= 11 is 0. The maximum Gasteiger partial charge on any atom is 0.362 e. The molecule has 3 rings (SSSR count). The van der Waals surface area contributed by atoms with Crippen molar-refractivity contribution in [2.24, 2.45) is 0 Å². The predicted molar refractivity (Wildman–Crippen MR) is 102 cm³/mol. The van der Waals surface area contributed by atoms with E-state index in [9.17, 15) is 9.59 Å². The Bertz CT molecular complexity index is 995. The van der Waals surface area contributed by atoms with Gasteiger partial charge in [0.05, 0.1) is 17.9 Å². The van der Waals surface area contributed by atoms with E-state index >= 15 is 0 Å². The van der Waals surface area contributed by atoms with Crippen molar-refractivity contribution in [2.45, 2.75) is 13.8 Å². The molecule has 2 N–H and O–H groups in total. The molecule has 6 nitrogen and oxygen atoms in total. The summed E-state index contributed by atoms with van der Waals surface area (Å²) in [6.45, 7) is 4.78. The van der Waals surface area contributed by atoms with E-state index in [1.165, 1.54) is 0 Å². The van der Waals surface area contributed by atoms with Crippen LogP contribution in [0.15, 0.2) is 57.7 Å². The van der Waals surface area contributed by atoms with E-state index in [4.69, 9.17) is 9.15 Å². The Hall–Kier alpha value is -3.28. The zero-order valence-electron chi connectivity index (χ0n) is 14.7. The third-order valence-electron chi connectivity index (χ3n) is 3.84. The van der Waals surface area contributed by atoms with Crippen LogP contribution in [0.2, 0.25) is 0 Å². The number of amides is 1. The van der Waals surface area contributed by atoms with Gasteiger partial charge in [-0.1, -0.05) is 24.3 Å².